The van der Waals surface area contributed by atoms with Crippen molar-refractivity contribution in [3.05, 3.63) is 22.3 Å². The van der Waals surface area contributed by atoms with Gasteiger partial charge in [0, 0.05) is 29.7 Å². The van der Waals surface area contributed by atoms with Crippen LogP contribution in [0.15, 0.2) is 16.7 Å². The fourth-order valence-corrected chi connectivity index (χ4v) is 2.85. The smallest absolute Gasteiger partial charge is 0.259 e. The maximum Gasteiger partial charge on any atom is 0.259 e. The molecular weight excluding hydrogens is 350 g/mol. The first kappa shape index (κ1) is 17.2. The summed E-state index contributed by atoms with van der Waals surface area (Å²) < 4.78 is 6.69. The molecule has 1 amide bonds. The Hall–Kier alpha value is -1.18. The number of aromatic nitrogens is 1. The third-order valence-electron chi connectivity index (χ3n) is 3.89. The van der Waals surface area contributed by atoms with E-state index in [0.29, 0.717) is 24.5 Å². The number of aliphatic hydroxyl groups is 1. The van der Waals surface area contributed by atoms with Crippen LogP contribution in [-0.2, 0) is 0 Å². The standard InChI is InChI=1S/C15H22BrN3O3/c1-9-7-19(10(2)8-20)15(21)12-4-11(16)5-18-14(12)22-13(9)6-17-3/h4-5,9-10,13,17,20H,6-8H2,1-3H3/t9-,10+,13-/m0/s1. The fourth-order valence-electron chi connectivity index (χ4n) is 2.52. The van der Waals surface area contributed by atoms with E-state index in [1.807, 2.05) is 20.9 Å². The average molecular weight is 372 g/mol. The Kier molecular flexibility index (Phi) is 5.77. The number of likely N-dealkylation sites (N-methyl/N-ethyl adjacent to an activating group) is 1. The van der Waals surface area contributed by atoms with E-state index in [2.05, 4.69) is 26.2 Å². The van der Waals surface area contributed by atoms with Crippen molar-refractivity contribution in [2.45, 2.75) is 26.0 Å². The average Bonchev–Trinajstić information content (AvgIpc) is 2.51. The number of rotatable bonds is 4. The van der Waals surface area contributed by atoms with Crippen LogP contribution in [-0.4, -0.2) is 59.8 Å². The molecule has 0 radical (unpaired) electrons. The van der Waals surface area contributed by atoms with Gasteiger partial charge >= 0.3 is 0 Å². The molecule has 7 heteroatoms. The van der Waals surface area contributed by atoms with Gasteiger partial charge in [0.2, 0.25) is 5.88 Å². The van der Waals surface area contributed by atoms with Crippen LogP contribution in [0, 0.1) is 5.92 Å². The van der Waals surface area contributed by atoms with E-state index >= 15 is 0 Å². The zero-order chi connectivity index (χ0) is 16.3. The van der Waals surface area contributed by atoms with Crippen molar-refractivity contribution < 1.29 is 14.6 Å². The second-order valence-electron chi connectivity index (χ2n) is 5.69. The van der Waals surface area contributed by atoms with Crippen molar-refractivity contribution in [1.82, 2.24) is 15.2 Å². The van der Waals surface area contributed by atoms with Gasteiger partial charge in [0.05, 0.1) is 12.6 Å². The van der Waals surface area contributed by atoms with Gasteiger partial charge in [-0.15, -0.1) is 0 Å². The molecule has 0 spiro atoms. The summed E-state index contributed by atoms with van der Waals surface area (Å²) in [6, 6.07) is 1.46. The molecule has 3 atom stereocenters. The fraction of sp³-hybridized carbons (Fsp3) is 0.600. The lowest BCUT2D eigenvalue weighted by molar-refractivity contribution is 0.0403. The maximum atomic E-state index is 12.8. The van der Waals surface area contributed by atoms with Crippen LogP contribution in [0.5, 0.6) is 5.88 Å². The zero-order valence-corrected chi connectivity index (χ0v) is 14.6. The monoisotopic (exact) mass is 371 g/mol. The number of hydrogen-bond donors (Lipinski definition) is 2. The second-order valence-corrected chi connectivity index (χ2v) is 6.60. The predicted molar refractivity (Wildman–Crippen MR) is 87.0 cm³/mol. The normalized spacial score (nSPS) is 23.3. The topological polar surface area (TPSA) is 74.7 Å². The quantitative estimate of drug-likeness (QED) is 0.833. The summed E-state index contributed by atoms with van der Waals surface area (Å²) in [4.78, 5) is 18.8. The molecule has 0 saturated carbocycles. The minimum atomic E-state index is -0.255. The molecule has 2 N–H and O–H groups in total. The Morgan fingerprint density at radius 2 is 2.36 bits per heavy atom. The van der Waals surface area contributed by atoms with E-state index in [1.54, 1.807) is 17.2 Å². The molecule has 0 saturated heterocycles. The van der Waals surface area contributed by atoms with Gasteiger partial charge in [-0.2, -0.15) is 0 Å². The van der Waals surface area contributed by atoms with Crippen molar-refractivity contribution in [2.75, 3.05) is 26.7 Å². The predicted octanol–water partition coefficient (Wildman–Crippen LogP) is 1.28. The summed E-state index contributed by atoms with van der Waals surface area (Å²) in [5.74, 6) is 0.291. The summed E-state index contributed by atoms with van der Waals surface area (Å²) in [6.07, 6.45) is 1.52. The molecular formula is C15H22BrN3O3. The first-order chi connectivity index (χ1) is 10.5. The Bertz CT molecular complexity index is 541. The molecule has 2 heterocycles. The number of amides is 1. The van der Waals surface area contributed by atoms with Gasteiger partial charge in [0.1, 0.15) is 11.7 Å². The SMILES string of the molecule is CNC[C@@H]1Oc2ncc(Br)cc2C(=O)N([C@H](C)CO)C[C@@H]1C. The van der Waals surface area contributed by atoms with Crippen molar-refractivity contribution in [2.24, 2.45) is 5.92 Å². The van der Waals surface area contributed by atoms with E-state index < -0.39 is 0 Å². The number of pyridine rings is 1. The molecule has 22 heavy (non-hydrogen) atoms. The molecule has 1 aliphatic rings. The summed E-state index contributed by atoms with van der Waals surface area (Å²) in [5.41, 5.74) is 0.419. The van der Waals surface area contributed by atoms with Crippen LogP contribution in [0.3, 0.4) is 0 Å². The molecule has 6 nitrogen and oxygen atoms in total. The lowest BCUT2D eigenvalue weighted by Gasteiger charge is -2.36. The molecule has 1 aliphatic heterocycles. The summed E-state index contributed by atoms with van der Waals surface area (Å²) in [5, 5.41) is 12.6. The third kappa shape index (κ3) is 3.59. The Morgan fingerprint density at radius 3 is 3.00 bits per heavy atom. The number of nitrogens with one attached hydrogen (secondary N) is 1. The maximum absolute atomic E-state index is 12.8. The molecule has 122 valence electrons. The summed E-state index contributed by atoms with van der Waals surface area (Å²) in [7, 11) is 1.87. The summed E-state index contributed by atoms with van der Waals surface area (Å²) in [6.45, 7) is 4.99. The van der Waals surface area contributed by atoms with Gasteiger partial charge in [-0.3, -0.25) is 4.79 Å². The number of fused-ring (bicyclic) bond motifs is 1. The van der Waals surface area contributed by atoms with Gasteiger partial charge in [-0.1, -0.05) is 6.92 Å². The number of ether oxygens (including phenoxy) is 1. The minimum Gasteiger partial charge on any atom is -0.472 e. The van der Waals surface area contributed by atoms with Gasteiger partial charge in [-0.25, -0.2) is 4.98 Å². The van der Waals surface area contributed by atoms with Gasteiger partial charge in [0.15, 0.2) is 0 Å². The van der Waals surface area contributed by atoms with Crippen LogP contribution in [0.2, 0.25) is 0 Å². The lowest BCUT2D eigenvalue weighted by atomic mass is 10.0. The van der Waals surface area contributed by atoms with Crippen molar-refractivity contribution in [3.63, 3.8) is 0 Å². The second kappa shape index (κ2) is 7.39. The van der Waals surface area contributed by atoms with E-state index in [-0.39, 0.29) is 30.6 Å². The van der Waals surface area contributed by atoms with Crippen molar-refractivity contribution in [3.8, 4) is 5.88 Å². The lowest BCUT2D eigenvalue weighted by Crippen LogP contribution is -2.49. The third-order valence-corrected chi connectivity index (χ3v) is 4.33. The van der Waals surface area contributed by atoms with Crippen molar-refractivity contribution in [1.29, 1.82) is 0 Å². The summed E-state index contributed by atoms with van der Waals surface area (Å²) >= 11 is 3.34. The molecule has 1 aromatic rings. The van der Waals surface area contributed by atoms with Crippen molar-refractivity contribution >= 4 is 21.8 Å². The van der Waals surface area contributed by atoms with E-state index in [0.717, 1.165) is 4.47 Å². The largest absolute Gasteiger partial charge is 0.472 e. The highest BCUT2D eigenvalue weighted by Crippen LogP contribution is 2.28. The molecule has 0 bridgehead atoms. The Balaban J connectivity index is 2.45. The van der Waals surface area contributed by atoms with Gasteiger partial charge in [-0.05, 0) is 36.0 Å². The highest BCUT2D eigenvalue weighted by atomic mass is 79.9. The number of nitrogens with zero attached hydrogens (tertiary/aromatic N) is 2. The van der Waals surface area contributed by atoms with E-state index in [1.165, 1.54) is 0 Å². The Morgan fingerprint density at radius 1 is 1.64 bits per heavy atom. The molecule has 0 aliphatic carbocycles. The van der Waals surface area contributed by atoms with Crippen LogP contribution in [0.1, 0.15) is 24.2 Å². The highest BCUT2D eigenvalue weighted by molar-refractivity contribution is 9.10. The molecule has 0 fully saturated rings. The van der Waals surface area contributed by atoms with Crippen LogP contribution in [0.25, 0.3) is 0 Å². The minimum absolute atomic E-state index is 0.0766. The van der Waals surface area contributed by atoms with Gasteiger partial charge < -0.3 is 20.1 Å². The van der Waals surface area contributed by atoms with E-state index in [9.17, 15) is 9.90 Å². The van der Waals surface area contributed by atoms with Crippen LogP contribution in [0.4, 0.5) is 0 Å². The number of halogens is 1. The van der Waals surface area contributed by atoms with Crippen LogP contribution >= 0.6 is 15.9 Å². The molecule has 0 unspecified atom stereocenters. The number of carbonyl (C=O) groups excluding carboxylic acids is 1. The molecule has 0 aromatic carbocycles. The number of carbonyl (C=O) groups is 1. The molecule has 1 aromatic heterocycles. The van der Waals surface area contributed by atoms with Gasteiger partial charge in [0.25, 0.3) is 5.91 Å². The number of aliphatic hydroxyl groups excluding tert-OH is 1. The first-order valence-electron chi connectivity index (χ1n) is 7.36. The van der Waals surface area contributed by atoms with E-state index in [4.69, 9.17) is 4.74 Å². The molecule has 2 rings (SSSR count). The first-order valence-corrected chi connectivity index (χ1v) is 8.15. The Labute approximate surface area is 139 Å². The zero-order valence-electron chi connectivity index (χ0n) is 13.0. The number of hydrogen-bond acceptors (Lipinski definition) is 5. The highest BCUT2D eigenvalue weighted by Gasteiger charge is 2.33. The van der Waals surface area contributed by atoms with Crippen LogP contribution < -0.4 is 10.1 Å².